The molecule has 7 heteroatoms. The molecule has 0 unspecified atom stereocenters. The lowest BCUT2D eigenvalue weighted by Crippen LogP contribution is -2.26. The molecule has 4 rings (SSSR count). The number of carbonyl (C=O) groups excluding carboxylic acids is 1. The first kappa shape index (κ1) is 24.5. The van der Waals surface area contributed by atoms with Crippen molar-refractivity contribution in [1.82, 2.24) is 4.98 Å². The van der Waals surface area contributed by atoms with E-state index in [-0.39, 0.29) is 16.9 Å². The highest BCUT2D eigenvalue weighted by Crippen LogP contribution is 2.36. The number of anilines is 1. The summed E-state index contributed by atoms with van der Waals surface area (Å²) in [5, 5.41) is 0.738. The second-order valence-electron chi connectivity index (χ2n) is 9.44. The Labute approximate surface area is 206 Å². The smallest absolute Gasteiger partial charge is 0.355 e. The fraction of sp³-hybridized carbons (Fsp3) is 0.250. The van der Waals surface area contributed by atoms with Crippen LogP contribution in [0.4, 0.5) is 5.69 Å². The summed E-state index contributed by atoms with van der Waals surface area (Å²) in [4.78, 5) is 16.1. The summed E-state index contributed by atoms with van der Waals surface area (Å²) in [6.07, 6.45) is 0. The number of aromatic amines is 1. The second kappa shape index (κ2) is 9.23. The van der Waals surface area contributed by atoms with Gasteiger partial charge in [0.25, 0.3) is 10.0 Å². The third kappa shape index (κ3) is 4.68. The van der Waals surface area contributed by atoms with E-state index in [1.807, 2.05) is 42.5 Å². The number of sulfonamides is 1. The zero-order chi connectivity index (χ0) is 25.4. The molecule has 4 aromatic rings. The molecule has 6 nitrogen and oxygen atoms in total. The average Bonchev–Trinajstić information content (AvgIpc) is 3.22. The molecule has 3 aromatic carbocycles. The van der Waals surface area contributed by atoms with Crippen LogP contribution in [-0.4, -0.2) is 33.0 Å². The van der Waals surface area contributed by atoms with E-state index in [9.17, 15) is 13.2 Å². The van der Waals surface area contributed by atoms with Crippen molar-refractivity contribution in [3.05, 3.63) is 84.1 Å². The quantitative estimate of drug-likeness (QED) is 0.330. The highest BCUT2D eigenvalue weighted by Gasteiger charge is 2.25. The third-order valence-corrected chi connectivity index (χ3v) is 7.87. The molecule has 0 saturated heterocycles. The summed E-state index contributed by atoms with van der Waals surface area (Å²) in [5.41, 5.74) is 4.06. The number of benzene rings is 3. The van der Waals surface area contributed by atoms with Crippen LogP contribution in [0.1, 0.15) is 43.7 Å². The Morgan fingerprint density at radius 2 is 1.63 bits per heavy atom. The molecule has 0 aliphatic carbocycles. The maximum atomic E-state index is 13.4. The van der Waals surface area contributed by atoms with E-state index < -0.39 is 16.0 Å². The Hall–Kier alpha value is -3.58. The SMILES string of the molecule is CCOC(=O)c1[nH]c2ccc(N(C)S(=O)(=O)c3ccc(C(C)(C)C)cc3)cc2c1-c1ccccc1. The van der Waals surface area contributed by atoms with E-state index in [1.54, 1.807) is 37.3 Å². The predicted molar refractivity (Wildman–Crippen MR) is 140 cm³/mol. The van der Waals surface area contributed by atoms with Crippen LogP contribution in [0.25, 0.3) is 22.0 Å². The number of esters is 1. The lowest BCUT2D eigenvalue weighted by Gasteiger charge is -2.22. The summed E-state index contributed by atoms with van der Waals surface area (Å²) in [6, 6.07) is 21.8. The van der Waals surface area contributed by atoms with E-state index >= 15 is 0 Å². The number of rotatable bonds is 6. The van der Waals surface area contributed by atoms with E-state index in [1.165, 1.54) is 11.4 Å². The minimum absolute atomic E-state index is 0.0714. The number of nitrogens with one attached hydrogen (secondary N) is 1. The van der Waals surface area contributed by atoms with Gasteiger partial charge >= 0.3 is 5.97 Å². The molecule has 0 atom stereocenters. The van der Waals surface area contributed by atoms with Crippen molar-refractivity contribution in [3.63, 3.8) is 0 Å². The van der Waals surface area contributed by atoms with Crippen molar-refractivity contribution in [2.45, 2.75) is 38.0 Å². The summed E-state index contributed by atoms with van der Waals surface area (Å²) in [5.74, 6) is -0.455. The fourth-order valence-electron chi connectivity index (χ4n) is 4.06. The zero-order valence-electron chi connectivity index (χ0n) is 20.6. The van der Waals surface area contributed by atoms with Gasteiger partial charge in [0.2, 0.25) is 0 Å². The number of carbonyl (C=O) groups is 1. The van der Waals surface area contributed by atoms with Gasteiger partial charge in [-0.05, 0) is 53.8 Å². The average molecular weight is 491 g/mol. The maximum absolute atomic E-state index is 13.4. The van der Waals surface area contributed by atoms with Crippen molar-refractivity contribution in [2.75, 3.05) is 18.0 Å². The monoisotopic (exact) mass is 490 g/mol. The van der Waals surface area contributed by atoms with Crippen molar-refractivity contribution in [3.8, 4) is 11.1 Å². The number of fused-ring (bicyclic) bond motifs is 1. The highest BCUT2D eigenvalue weighted by molar-refractivity contribution is 7.92. The van der Waals surface area contributed by atoms with Gasteiger partial charge in [-0.25, -0.2) is 13.2 Å². The van der Waals surface area contributed by atoms with E-state index in [2.05, 4.69) is 25.8 Å². The molecule has 0 saturated carbocycles. The number of H-pyrrole nitrogens is 1. The summed E-state index contributed by atoms with van der Waals surface area (Å²) < 4.78 is 33.4. The first-order valence-corrected chi connectivity index (χ1v) is 13.0. The Morgan fingerprint density at radius 3 is 2.23 bits per heavy atom. The molecule has 0 amide bonds. The molecule has 1 heterocycles. The largest absolute Gasteiger partial charge is 0.461 e. The zero-order valence-corrected chi connectivity index (χ0v) is 21.4. The lowest BCUT2D eigenvalue weighted by molar-refractivity contribution is 0.0521. The van der Waals surface area contributed by atoms with Gasteiger partial charge in [0.1, 0.15) is 5.69 Å². The minimum atomic E-state index is -3.79. The van der Waals surface area contributed by atoms with Crippen molar-refractivity contribution < 1.29 is 17.9 Å². The van der Waals surface area contributed by atoms with Crippen LogP contribution in [0.3, 0.4) is 0 Å². The van der Waals surface area contributed by atoms with E-state index in [0.29, 0.717) is 16.9 Å². The number of aromatic nitrogens is 1. The fourth-order valence-corrected chi connectivity index (χ4v) is 5.25. The molecule has 35 heavy (non-hydrogen) atoms. The van der Waals surface area contributed by atoms with Gasteiger partial charge < -0.3 is 9.72 Å². The summed E-state index contributed by atoms with van der Waals surface area (Å²) in [7, 11) is -2.25. The van der Waals surface area contributed by atoms with Gasteiger partial charge in [-0.2, -0.15) is 0 Å². The maximum Gasteiger partial charge on any atom is 0.355 e. The standard InChI is InChI=1S/C28H30N2O4S/c1-6-34-27(31)26-25(19-10-8-7-9-11-19)23-18-21(14-17-24(23)29-26)30(5)35(32,33)22-15-12-20(13-16-22)28(2,3)4/h7-18,29H,6H2,1-5H3. The van der Waals surface area contributed by atoms with Crippen LogP contribution < -0.4 is 4.31 Å². The molecule has 0 aliphatic rings. The summed E-state index contributed by atoms with van der Waals surface area (Å²) >= 11 is 0. The predicted octanol–water partition coefficient (Wildman–Crippen LogP) is 6.13. The van der Waals surface area contributed by atoms with Crippen molar-refractivity contribution in [2.24, 2.45) is 0 Å². The number of hydrogen-bond donors (Lipinski definition) is 1. The molecule has 0 fully saturated rings. The van der Waals surface area contributed by atoms with E-state index in [0.717, 1.165) is 22.0 Å². The number of hydrogen-bond acceptors (Lipinski definition) is 4. The third-order valence-electron chi connectivity index (χ3n) is 6.07. The normalized spacial score (nSPS) is 12.0. The molecular weight excluding hydrogens is 460 g/mol. The Balaban J connectivity index is 1.81. The molecule has 1 aromatic heterocycles. The lowest BCUT2D eigenvalue weighted by atomic mass is 9.87. The Kier molecular flexibility index (Phi) is 6.47. The molecular formula is C28H30N2O4S. The molecule has 0 spiro atoms. The Morgan fingerprint density at radius 1 is 0.971 bits per heavy atom. The van der Waals surface area contributed by atoms with Crippen LogP contribution in [0.15, 0.2) is 77.7 Å². The molecule has 0 bridgehead atoms. The first-order valence-electron chi connectivity index (χ1n) is 11.5. The van der Waals surface area contributed by atoms with Crippen LogP contribution in [0.2, 0.25) is 0 Å². The number of nitrogens with zero attached hydrogens (tertiary/aromatic N) is 1. The van der Waals surface area contributed by atoms with Gasteiger partial charge in [-0.3, -0.25) is 4.31 Å². The topological polar surface area (TPSA) is 79.5 Å². The number of ether oxygens (including phenoxy) is 1. The second-order valence-corrected chi connectivity index (χ2v) is 11.4. The van der Waals surface area contributed by atoms with Crippen molar-refractivity contribution in [1.29, 1.82) is 0 Å². The van der Waals surface area contributed by atoms with Crippen LogP contribution >= 0.6 is 0 Å². The molecule has 0 radical (unpaired) electrons. The first-order chi connectivity index (χ1) is 16.5. The molecule has 0 aliphatic heterocycles. The van der Waals surface area contributed by atoms with E-state index in [4.69, 9.17) is 4.74 Å². The van der Waals surface area contributed by atoms with Gasteiger partial charge in [0.05, 0.1) is 17.2 Å². The van der Waals surface area contributed by atoms with Gasteiger partial charge in [-0.1, -0.05) is 63.2 Å². The van der Waals surface area contributed by atoms with Crippen LogP contribution in [-0.2, 0) is 20.2 Å². The molecule has 1 N–H and O–H groups in total. The van der Waals surface area contributed by atoms with Gasteiger partial charge in [-0.15, -0.1) is 0 Å². The van der Waals surface area contributed by atoms with Crippen LogP contribution in [0, 0.1) is 0 Å². The molecule has 182 valence electrons. The Bertz CT molecular complexity index is 1470. The highest BCUT2D eigenvalue weighted by atomic mass is 32.2. The van der Waals surface area contributed by atoms with Gasteiger partial charge in [0, 0.05) is 23.5 Å². The van der Waals surface area contributed by atoms with Gasteiger partial charge in [0.15, 0.2) is 0 Å². The van der Waals surface area contributed by atoms with Crippen LogP contribution in [0.5, 0.6) is 0 Å². The van der Waals surface area contributed by atoms with Crippen molar-refractivity contribution >= 4 is 32.6 Å². The summed E-state index contributed by atoms with van der Waals surface area (Å²) in [6.45, 7) is 8.27. The minimum Gasteiger partial charge on any atom is -0.461 e.